The van der Waals surface area contributed by atoms with Crippen LogP contribution in [0.5, 0.6) is 0 Å². The molecule has 0 saturated carbocycles. The Hall–Kier alpha value is -3.15. The molecule has 2 aromatic carbocycles. The molecule has 160 valence electrons. The topological polar surface area (TPSA) is 121 Å². The van der Waals surface area contributed by atoms with Crippen LogP contribution in [0.4, 0.5) is 23.5 Å². The van der Waals surface area contributed by atoms with Crippen molar-refractivity contribution in [2.75, 3.05) is 5.73 Å². The minimum absolute atomic E-state index is 0.000395. The van der Waals surface area contributed by atoms with E-state index in [0.29, 0.717) is 3.97 Å². The zero-order valence-electron chi connectivity index (χ0n) is 15.7. The van der Waals surface area contributed by atoms with Crippen LogP contribution >= 0.6 is 0 Å². The largest absolute Gasteiger partial charge is 0.369 e. The van der Waals surface area contributed by atoms with Crippen molar-refractivity contribution in [3.8, 4) is 0 Å². The highest BCUT2D eigenvalue weighted by Gasteiger charge is 2.32. The van der Waals surface area contributed by atoms with Crippen LogP contribution in [-0.2, 0) is 14.8 Å². The van der Waals surface area contributed by atoms with Gasteiger partial charge in [-0.15, -0.1) is 0 Å². The van der Waals surface area contributed by atoms with Crippen molar-refractivity contribution in [1.82, 2.24) is 8.96 Å². The number of nitrogens with zero attached hydrogens (tertiary/aromatic N) is 2. The van der Waals surface area contributed by atoms with E-state index in [0.717, 1.165) is 6.07 Å². The molecule has 0 aliphatic rings. The Bertz CT molecular complexity index is 1260. The SMILES string of the molecule is CC(C)S(=O)(=O)n1c(N)nc2ccc(C(C(N)=O)c3c(F)c(F)cc(F)c3F)cc21. The van der Waals surface area contributed by atoms with Gasteiger partial charge in [-0.3, -0.25) is 4.79 Å². The van der Waals surface area contributed by atoms with E-state index in [-0.39, 0.29) is 28.6 Å². The van der Waals surface area contributed by atoms with E-state index in [1.165, 1.54) is 26.0 Å². The summed E-state index contributed by atoms with van der Waals surface area (Å²) in [5, 5.41) is -0.903. The normalized spacial score (nSPS) is 13.2. The van der Waals surface area contributed by atoms with Crippen molar-refractivity contribution in [3.63, 3.8) is 0 Å². The average molecular weight is 444 g/mol. The van der Waals surface area contributed by atoms with Gasteiger partial charge in [-0.1, -0.05) is 6.07 Å². The monoisotopic (exact) mass is 444 g/mol. The van der Waals surface area contributed by atoms with Crippen molar-refractivity contribution >= 4 is 32.9 Å². The summed E-state index contributed by atoms with van der Waals surface area (Å²) in [6, 6.07) is 3.50. The average Bonchev–Trinajstić information content (AvgIpc) is 2.98. The number of nitrogen functional groups attached to an aromatic ring is 1. The van der Waals surface area contributed by atoms with Crippen molar-refractivity contribution in [3.05, 3.63) is 58.7 Å². The highest BCUT2D eigenvalue weighted by Crippen LogP contribution is 2.34. The van der Waals surface area contributed by atoms with E-state index in [1.54, 1.807) is 0 Å². The fourth-order valence-electron chi connectivity index (χ4n) is 3.07. The molecule has 12 heteroatoms. The highest BCUT2D eigenvalue weighted by atomic mass is 32.2. The predicted molar refractivity (Wildman–Crippen MR) is 101 cm³/mol. The summed E-state index contributed by atoms with van der Waals surface area (Å²) in [6.45, 7) is 2.80. The molecule has 30 heavy (non-hydrogen) atoms. The molecule has 3 rings (SSSR count). The lowest BCUT2D eigenvalue weighted by Gasteiger charge is -2.17. The van der Waals surface area contributed by atoms with Gasteiger partial charge in [0, 0.05) is 11.6 Å². The molecule has 1 amide bonds. The van der Waals surface area contributed by atoms with Crippen LogP contribution in [0.3, 0.4) is 0 Å². The third kappa shape index (κ3) is 3.26. The summed E-state index contributed by atoms with van der Waals surface area (Å²) in [5.74, 6) is -10.7. The van der Waals surface area contributed by atoms with Gasteiger partial charge in [0.15, 0.2) is 23.3 Å². The number of amides is 1. The Morgan fingerprint density at radius 1 is 1.07 bits per heavy atom. The molecule has 1 heterocycles. The van der Waals surface area contributed by atoms with Gasteiger partial charge in [0.25, 0.3) is 0 Å². The van der Waals surface area contributed by atoms with E-state index >= 15 is 0 Å². The van der Waals surface area contributed by atoms with Crippen LogP contribution in [0.25, 0.3) is 11.0 Å². The molecule has 1 unspecified atom stereocenters. The summed E-state index contributed by atoms with van der Waals surface area (Å²) in [5.41, 5.74) is 9.57. The number of aromatic nitrogens is 2. The van der Waals surface area contributed by atoms with E-state index < -0.39 is 55.9 Å². The summed E-state index contributed by atoms with van der Waals surface area (Å²) in [7, 11) is -4.00. The molecule has 0 fully saturated rings. The van der Waals surface area contributed by atoms with Gasteiger partial charge in [-0.05, 0) is 31.5 Å². The highest BCUT2D eigenvalue weighted by molar-refractivity contribution is 7.90. The van der Waals surface area contributed by atoms with Gasteiger partial charge in [-0.25, -0.2) is 34.9 Å². The van der Waals surface area contributed by atoms with Crippen molar-refractivity contribution in [2.45, 2.75) is 25.0 Å². The zero-order chi connectivity index (χ0) is 22.5. The lowest BCUT2D eigenvalue weighted by Crippen LogP contribution is -2.26. The van der Waals surface area contributed by atoms with Crippen molar-refractivity contribution < 1.29 is 30.8 Å². The van der Waals surface area contributed by atoms with E-state index in [2.05, 4.69) is 4.98 Å². The third-order valence-electron chi connectivity index (χ3n) is 4.56. The summed E-state index contributed by atoms with van der Waals surface area (Å²) in [6.07, 6.45) is 0. The molecular formula is C18H16F4N4O3S. The standard InChI is InChI=1S/C18H16F4N4O3S/c1-7(2)30(28,29)26-12-5-8(3-4-11(12)25-18(26)24)13(17(23)27)14-15(21)9(19)6-10(20)16(14)22/h3-7,13H,1-2H3,(H2,23,27)(H2,24,25). The molecule has 1 aromatic heterocycles. The number of carbonyl (C=O) groups is 1. The Morgan fingerprint density at radius 2 is 1.63 bits per heavy atom. The molecule has 0 radical (unpaired) electrons. The Balaban J connectivity index is 2.34. The Morgan fingerprint density at radius 3 is 2.13 bits per heavy atom. The molecule has 0 bridgehead atoms. The summed E-state index contributed by atoms with van der Waals surface area (Å²) in [4.78, 5) is 16.0. The van der Waals surface area contributed by atoms with Gasteiger partial charge in [0.1, 0.15) is 0 Å². The fourth-order valence-corrected chi connectivity index (χ4v) is 4.21. The number of benzene rings is 2. The number of hydrogen-bond acceptors (Lipinski definition) is 5. The molecule has 0 saturated heterocycles. The fraction of sp³-hybridized carbons (Fsp3) is 0.222. The van der Waals surface area contributed by atoms with Crippen LogP contribution in [0.15, 0.2) is 24.3 Å². The quantitative estimate of drug-likeness (QED) is 0.462. The first-order chi connectivity index (χ1) is 13.9. The second kappa shape index (κ2) is 7.27. The van der Waals surface area contributed by atoms with Crippen molar-refractivity contribution in [1.29, 1.82) is 0 Å². The molecular weight excluding hydrogens is 428 g/mol. The van der Waals surface area contributed by atoms with E-state index in [9.17, 15) is 30.8 Å². The number of anilines is 1. The summed E-state index contributed by atoms with van der Waals surface area (Å²) < 4.78 is 82.0. The van der Waals surface area contributed by atoms with Gasteiger partial charge in [0.2, 0.25) is 21.9 Å². The molecule has 7 nitrogen and oxygen atoms in total. The van der Waals surface area contributed by atoms with E-state index in [1.807, 2.05) is 0 Å². The van der Waals surface area contributed by atoms with Crippen LogP contribution in [0.2, 0.25) is 0 Å². The first-order valence-electron chi connectivity index (χ1n) is 8.52. The molecule has 4 N–H and O–H groups in total. The van der Waals surface area contributed by atoms with Gasteiger partial charge in [0.05, 0.1) is 22.2 Å². The Labute approximate surface area is 168 Å². The molecule has 0 aliphatic heterocycles. The minimum atomic E-state index is -4.00. The first kappa shape index (κ1) is 21.6. The smallest absolute Gasteiger partial charge is 0.244 e. The van der Waals surface area contributed by atoms with Crippen molar-refractivity contribution in [2.24, 2.45) is 5.73 Å². The number of imidazole rings is 1. The number of carbonyl (C=O) groups excluding carboxylic acids is 1. The van der Waals surface area contributed by atoms with Gasteiger partial charge < -0.3 is 11.5 Å². The molecule has 3 aromatic rings. The third-order valence-corrected chi connectivity index (χ3v) is 6.65. The van der Waals surface area contributed by atoms with Crippen LogP contribution < -0.4 is 11.5 Å². The van der Waals surface area contributed by atoms with Gasteiger partial charge >= 0.3 is 0 Å². The van der Waals surface area contributed by atoms with Crippen LogP contribution in [0.1, 0.15) is 30.9 Å². The number of primary amides is 1. The molecule has 0 spiro atoms. The summed E-state index contributed by atoms with van der Waals surface area (Å²) >= 11 is 0. The molecule has 1 atom stereocenters. The zero-order valence-corrected chi connectivity index (χ0v) is 16.5. The molecule has 0 aliphatic carbocycles. The first-order valence-corrected chi connectivity index (χ1v) is 10.0. The second-order valence-electron chi connectivity index (χ2n) is 6.79. The maximum atomic E-state index is 14.3. The van der Waals surface area contributed by atoms with Crippen LogP contribution in [0, 0.1) is 23.3 Å². The number of hydrogen-bond donors (Lipinski definition) is 2. The maximum absolute atomic E-state index is 14.3. The minimum Gasteiger partial charge on any atom is -0.369 e. The number of rotatable bonds is 5. The van der Waals surface area contributed by atoms with E-state index in [4.69, 9.17) is 11.5 Å². The van der Waals surface area contributed by atoms with Crippen LogP contribution in [-0.4, -0.2) is 28.5 Å². The number of fused-ring (bicyclic) bond motifs is 1. The lowest BCUT2D eigenvalue weighted by atomic mass is 9.89. The van der Waals surface area contributed by atoms with Gasteiger partial charge in [-0.2, -0.15) is 0 Å². The Kier molecular flexibility index (Phi) is 5.23. The number of nitrogens with two attached hydrogens (primary N) is 2. The lowest BCUT2D eigenvalue weighted by molar-refractivity contribution is -0.118. The maximum Gasteiger partial charge on any atom is 0.244 e. The predicted octanol–water partition coefficient (Wildman–Crippen LogP) is 2.38. The second-order valence-corrected chi connectivity index (χ2v) is 9.13. The number of halogens is 4.